The second kappa shape index (κ2) is 8.67. The summed E-state index contributed by atoms with van der Waals surface area (Å²) in [6.45, 7) is 4.38. The molecule has 0 saturated carbocycles. The summed E-state index contributed by atoms with van der Waals surface area (Å²) in [7, 11) is 1.59. The molecule has 0 bridgehead atoms. The zero-order valence-corrected chi connectivity index (χ0v) is 16.2. The Hall–Kier alpha value is -3.19. The molecule has 28 heavy (non-hydrogen) atoms. The summed E-state index contributed by atoms with van der Waals surface area (Å²) >= 11 is 0. The second-order valence-corrected chi connectivity index (χ2v) is 6.81. The first-order valence-corrected chi connectivity index (χ1v) is 9.09. The molecule has 0 aliphatic carbocycles. The molecular formula is C21H24N4O3. The standard InChI is InChI=1S/C21H24N4O3/c1-14(2)16-5-4-6-17(11-16)23-21(27)20-22-13-25(24-20)12-19(26)15-7-9-18(28-3)10-8-15/h4-11,13-14,19,26H,12H2,1-3H3,(H,23,27)/t19-/m0/s1. The van der Waals surface area contributed by atoms with Gasteiger partial charge in [-0.2, -0.15) is 0 Å². The van der Waals surface area contributed by atoms with Crippen molar-refractivity contribution in [2.75, 3.05) is 12.4 Å². The van der Waals surface area contributed by atoms with Gasteiger partial charge in [-0.3, -0.25) is 4.79 Å². The molecule has 1 amide bonds. The topological polar surface area (TPSA) is 89.3 Å². The van der Waals surface area contributed by atoms with E-state index in [1.807, 2.05) is 24.3 Å². The first-order chi connectivity index (χ1) is 13.5. The minimum Gasteiger partial charge on any atom is -0.497 e. The molecule has 0 saturated heterocycles. The molecule has 1 heterocycles. The summed E-state index contributed by atoms with van der Waals surface area (Å²) in [6, 6.07) is 14.8. The minimum absolute atomic E-state index is 0.0527. The SMILES string of the molecule is COc1ccc([C@@H](O)Cn2cnc(C(=O)Nc3cccc(C(C)C)c3)n2)cc1. The van der Waals surface area contributed by atoms with Gasteiger partial charge in [0.1, 0.15) is 12.1 Å². The van der Waals surface area contributed by atoms with Gasteiger partial charge in [-0.1, -0.05) is 38.1 Å². The number of ether oxygens (including phenoxy) is 1. The maximum absolute atomic E-state index is 12.4. The Morgan fingerprint density at radius 2 is 1.93 bits per heavy atom. The lowest BCUT2D eigenvalue weighted by molar-refractivity contribution is 0.101. The molecule has 3 rings (SSSR count). The van der Waals surface area contributed by atoms with Crippen LogP contribution in [0.2, 0.25) is 0 Å². The van der Waals surface area contributed by atoms with E-state index >= 15 is 0 Å². The summed E-state index contributed by atoms with van der Waals surface area (Å²) in [6.07, 6.45) is 0.665. The molecule has 2 aromatic carbocycles. The van der Waals surface area contributed by atoms with Crippen LogP contribution in [0.1, 0.15) is 47.6 Å². The molecule has 1 aromatic heterocycles. The molecule has 7 nitrogen and oxygen atoms in total. The van der Waals surface area contributed by atoms with E-state index in [-0.39, 0.29) is 12.4 Å². The van der Waals surface area contributed by atoms with Crippen LogP contribution < -0.4 is 10.1 Å². The third kappa shape index (κ3) is 4.75. The fraction of sp³-hybridized carbons (Fsp3) is 0.286. The predicted octanol–water partition coefficient (Wildman–Crippen LogP) is 3.40. The molecule has 2 N–H and O–H groups in total. The summed E-state index contributed by atoms with van der Waals surface area (Å²) in [5, 5.41) is 17.4. The van der Waals surface area contributed by atoms with Crippen molar-refractivity contribution in [3.8, 4) is 5.75 Å². The van der Waals surface area contributed by atoms with Crippen LogP contribution in [-0.4, -0.2) is 32.9 Å². The average molecular weight is 380 g/mol. The van der Waals surface area contributed by atoms with E-state index in [2.05, 4.69) is 29.2 Å². The van der Waals surface area contributed by atoms with Crippen LogP contribution in [0, 0.1) is 0 Å². The molecule has 0 aliphatic rings. The Labute approximate surface area is 164 Å². The fourth-order valence-corrected chi connectivity index (χ4v) is 2.76. The number of hydrogen-bond donors (Lipinski definition) is 2. The Morgan fingerprint density at radius 1 is 1.18 bits per heavy atom. The molecule has 0 unspecified atom stereocenters. The Balaban J connectivity index is 1.64. The van der Waals surface area contributed by atoms with E-state index in [4.69, 9.17) is 4.74 Å². The number of aromatic nitrogens is 3. The first kappa shape index (κ1) is 19.6. The van der Waals surface area contributed by atoms with Crippen LogP contribution in [0.5, 0.6) is 5.75 Å². The van der Waals surface area contributed by atoms with Gasteiger partial charge in [0.05, 0.1) is 19.8 Å². The summed E-state index contributed by atoms with van der Waals surface area (Å²) in [5.74, 6) is 0.751. The van der Waals surface area contributed by atoms with Crippen molar-refractivity contribution in [2.24, 2.45) is 0 Å². The van der Waals surface area contributed by atoms with Gasteiger partial charge in [0, 0.05) is 5.69 Å². The van der Waals surface area contributed by atoms with Crippen LogP contribution in [0.15, 0.2) is 54.9 Å². The maximum Gasteiger partial charge on any atom is 0.295 e. The second-order valence-electron chi connectivity index (χ2n) is 6.81. The molecule has 0 spiro atoms. The highest BCUT2D eigenvalue weighted by atomic mass is 16.5. The minimum atomic E-state index is -0.772. The van der Waals surface area contributed by atoms with Crippen LogP contribution in [0.4, 0.5) is 5.69 Å². The Bertz CT molecular complexity index is 935. The largest absolute Gasteiger partial charge is 0.497 e. The highest BCUT2D eigenvalue weighted by molar-refractivity contribution is 6.01. The third-order valence-corrected chi connectivity index (χ3v) is 4.41. The van der Waals surface area contributed by atoms with E-state index in [0.29, 0.717) is 11.6 Å². The number of rotatable bonds is 7. The number of methoxy groups -OCH3 is 1. The van der Waals surface area contributed by atoms with Crippen molar-refractivity contribution in [3.05, 3.63) is 71.8 Å². The van der Waals surface area contributed by atoms with Crippen molar-refractivity contribution in [1.29, 1.82) is 0 Å². The summed E-state index contributed by atoms with van der Waals surface area (Å²) in [4.78, 5) is 16.5. The number of carbonyl (C=O) groups excluding carboxylic acids is 1. The third-order valence-electron chi connectivity index (χ3n) is 4.41. The van der Waals surface area contributed by atoms with Gasteiger partial charge in [0.2, 0.25) is 5.82 Å². The van der Waals surface area contributed by atoms with Crippen LogP contribution in [0.25, 0.3) is 0 Å². The number of benzene rings is 2. The number of carbonyl (C=O) groups is 1. The Morgan fingerprint density at radius 3 is 2.61 bits per heavy atom. The lowest BCUT2D eigenvalue weighted by atomic mass is 10.0. The number of nitrogens with one attached hydrogen (secondary N) is 1. The zero-order chi connectivity index (χ0) is 20.1. The van der Waals surface area contributed by atoms with E-state index in [1.54, 1.807) is 31.4 Å². The van der Waals surface area contributed by atoms with Gasteiger partial charge in [0.15, 0.2) is 0 Å². The monoisotopic (exact) mass is 380 g/mol. The highest BCUT2D eigenvalue weighted by Gasteiger charge is 2.15. The van der Waals surface area contributed by atoms with Crippen molar-refractivity contribution in [1.82, 2.24) is 14.8 Å². The van der Waals surface area contributed by atoms with Gasteiger partial charge in [0.25, 0.3) is 5.91 Å². The van der Waals surface area contributed by atoms with Gasteiger partial charge >= 0.3 is 0 Å². The van der Waals surface area contributed by atoms with E-state index in [9.17, 15) is 9.90 Å². The average Bonchev–Trinajstić information content (AvgIpc) is 3.17. The van der Waals surface area contributed by atoms with E-state index in [0.717, 1.165) is 16.9 Å². The van der Waals surface area contributed by atoms with Crippen molar-refractivity contribution < 1.29 is 14.6 Å². The molecule has 3 aromatic rings. The fourth-order valence-electron chi connectivity index (χ4n) is 2.76. The van der Waals surface area contributed by atoms with Crippen LogP contribution >= 0.6 is 0 Å². The van der Waals surface area contributed by atoms with E-state index in [1.165, 1.54) is 11.0 Å². The number of amides is 1. The molecule has 0 radical (unpaired) electrons. The van der Waals surface area contributed by atoms with E-state index < -0.39 is 12.0 Å². The predicted molar refractivity (Wildman–Crippen MR) is 106 cm³/mol. The Kier molecular flexibility index (Phi) is 6.06. The summed E-state index contributed by atoms with van der Waals surface area (Å²) in [5.41, 5.74) is 2.57. The highest BCUT2D eigenvalue weighted by Crippen LogP contribution is 2.20. The van der Waals surface area contributed by atoms with Gasteiger partial charge in [-0.05, 0) is 41.3 Å². The number of nitrogens with zero attached hydrogens (tertiary/aromatic N) is 3. The van der Waals surface area contributed by atoms with Gasteiger partial charge < -0.3 is 15.2 Å². The maximum atomic E-state index is 12.4. The normalized spacial score (nSPS) is 12.0. The van der Waals surface area contributed by atoms with Crippen molar-refractivity contribution >= 4 is 11.6 Å². The number of aliphatic hydroxyl groups excluding tert-OH is 1. The molecule has 1 atom stereocenters. The zero-order valence-electron chi connectivity index (χ0n) is 16.2. The van der Waals surface area contributed by atoms with Crippen LogP contribution in [0.3, 0.4) is 0 Å². The van der Waals surface area contributed by atoms with Gasteiger partial charge in [-0.15, -0.1) is 5.10 Å². The number of anilines is 1. The smallest absolute Gasteiger partial charge is 0.295 e. The molecule has 7 heteroatoms. The van der Waals surface area contributed by atoms with Crippen LogP contribution in [-0.2, 0) is 6.54 Å². The number of hydrogen-bond acceptors (Lipinski definition) is 5. The molecule has 146 valence electrons. The van der Waals surface area contributed by atoms with Crippen molar-refractivity contribution in [2.45, 2.75) is 32.4 Å². The lowest BCUT2D eigenvalue weighted by Crippen LogP contribution is -2.15. The summed E-state index contributed by atoms with van der Waals surface area (Å²) < 4.78 is 6.57. The molecule has 0 fully saturated rings. The molecule has 0 aliphatic heterocycles. The molecular weight excluding hydrogens is 356 g/mol. The van der Waals surface area contributed by atoms with Crippen molar-refractivity contribution in [3.63, 3.8) is 0 Å². The lowest BCUT2D eigenvalue weighted by Gasteiger charge is -2.11. The number of aliphatic hydroxyl groups is 1. The van der Waals surface area contributed by atoms with Gasteiger partial charge in [-0.25, -0.2) is 9.67 Å². The first-order valence-electron chi connectivity index (χ1n) is 9.09. The quantitative estimate of drug-likeness (QED) is 0.656.